The molecule has 0 spiro atoms. The van der Waals surface area contributed by atoms with E-state index in [0.29, 0.717) is 17.8 Å². The maximum atomic E-state index is 12.7. The molecule has 2 amide bonds. The Hall–Kier alpha value is -2.83. The van der Waals surface area contributed by atoms with E-state index in [1.54, 1.807) is 30.5 Å². The van der Waals surface area contributed by atoms with E-state index in [0.717, 1.165) is 5.69 Å². The summed E-state index contributed by atoms with van der Waals surface area (Å²) < 4.78 is 1.53. The second-order valence-corrected chi connectivity index (χ2v) is 7.23. The number of carbonyl (C=O) groups excluding carboxylic acids is 2. The van der Waals surface area contributed by atoms with Crippen LogP contribution in [0.25, 0.3) is 5.69 Å². The Balaban J connectivity index is 2.15. The number of hydrogen-bond donors (Lipinski definition) is 2. The number of aromatic nitrogens is 2. The summed E-state index contributed by atoms with van der Waals surface area (Å²) in [6.45, 7) is 9.77. The molecule has 0 fully saturated rings. The van der Waals surface area contributed by atoms with Gasteiger partial charge in [-0.05, 0) is 58.9 Å². The molecule has 26 heavy (non-hydrogen) atoms. The molecule has 0 aliphatic heterocycles. The van der Waals surface area contributed by atoms with Gasteiger partial charge in [0.1, 0.15) is 0 Å². The highest BCUT2D eigenvalue weighted by molar-refractivity contribution is 5.96. The molecule has 0 atom stereocenters. The first-order valence-electron chi connectivity index (χ1n) is 8.60. The van der Waals surface area contributed by atoms with E-state index < -0.39 is 0 Å². The third-order valence-electron chi connectivity index (χ3n) is 3.85. The van der Waals surface area contributed by atoms with Gasteiger partial charge in [0.2, 0.25) is 5.91 Å². The molecular weight excluding hydrogens is 332 g/mol. The summed E-state index contributed by atoms with van der Waals surface area (Å²) in [6, 6.07) is 6.78. The number of H-pyrrole nitrogens is 1. The molecule has 0 unspecified atom stereocenters. The number of likely N-dealkylation sites (N-methyl/N-ethyl adjacent to an activating group) is 1. The first kappa shape index (κ1) is 19.5. The lowest BCUT2D eigenvalue weighted by atomic mass is 10.1. The molecule has 0 radical (unpaired) electrons. The fraction of sp³-hybridized carbons (Fsp3) is 0.421. The molecule has 1 heterocycles. The van der Waals surface area contributed by atoms with Gasteiger partial charge < -0.3 is 15.2 Å². The van der Waals surface area contributed by atoms with Gasteiger partial charge in [-0.2, -0.15) is 0 Å². The van der Waals surface area contributed by atoms with Crippen LogP contribution in [0, 0.1) is 6.92 Å². The fourth-order valence-corrected chi connectivity index (χ4v) is 2.67. The van der Waals surface area contributed by atoms with E-state index in [-0.39, 0.29) is 29.6 Å². The van der Waals surface area contributed by atoms with E-state index in [2.05, 4.69) is 10.3 Å². The number of aromatic amines is 1. The van der Waals surface area contributed by atoms with Crippen molar-refractivity contribution in [2.24, 2.45) is 0 Å². The summed E-state index contributed by atoms with van der Waals surface area (Å²) in [5, 5.41) is 2.86. The van der Waals surface area contributed by atoms with Crippen molar-refractivity contribution in [3.8, 4) is 5.69 Å². The SMILES string of the molecule is CCN(CC(=O)NC(C)(C)C)C(=O)c1ccc(-n2c(C)c[nH]c2=O)cc1. The summed E-state index contributed by atoms with van der Waals surface area (Å²) >= 11 is 0. The highest BCUT2D eigenvalue weighted by atomic mass is 16.2. The van der Waals surface area contributed by atoms with Crippen LogP contribution in [0.3, 0.4) is 0 Å². The van der Waals surface area contributed by atoms with Crippen LogP contribution in [0.1, 0.15) is 43.7 Å². The average molecular weight is 358 g/mol. The predicted octanol–water partition coefficient (Wildman–Crippen LogP) is 1.85. The molecule has 0 bridgehead atoms. The topological polar surface area (TPSA) is 87.2 Å². The number of rotatable bonds is 5. The molecule has 1 aromatic heterocycles. The highest BCUT2D eigenvalue weighted by Crippen LogP contribution is 2.12. The maximum Gasteiger partial charge on any atom is 0.330 e. The van der Waals surface area contributed by atoms with Crippen LogP contribution in [0.2, 0.25) is 0 Å². The van der Waals surface area contributed by atoms with Crippen LogP contribution >= 0.6 is 0 Å². The van der Waals surface area contributed by atoms with Gasteiger partial charge in [-0.25, -0.2) is 4.79 Å². The quantitative estimate of drug-likeness (QED) is 0.855. The van der Waals surface area contributed by atoms with E-state index in [1.165, 1.54) is 9.47 Å². The molecule has 1 aromatic carbocycles. The predicted molar refractivity (Wildman–Crippen MR) is 101 cm³/mol. The lowest BCUT2D eigenvalue weighted by molar-refractivity contribution is -0.123. The van der Waals surface area contributed by atoms with Crippen molar-refractivity contribution in [2.75, 3.05) is 13.1 Å². The Labute approximate surface area is 153 Å². The van der Waals surface area contributed by atoms with Gasteiger partial charge in [-0.1, -0.05) is 0 Å². The Kier molecular flexibility index (Phi) is 5.69. The maximum absolute atomic E-state index is 12.7. The number of nitrogens with zero attached hydrogens (tertiary/aromatic N) is 2. The number of imidazole rings is 1. The van der Waals surface area contributed by atoms with Gasteiger partial charge >= 0.3 is 5.69 Å². The summed E-state index contributed by atoms with van der Waals surface area (Å²) in [5.74, 6) is -0.417. The minimum Gasteiger partial charge on any atom is -0.350 e. The van der Waals surface area contributed by atoms with Crippen molar-refractivity contribution in [2.45, 2.75) is 40.2 Å². The van der Waals surface area contributed by atoms with E-state index >= 15 is 0 Å². The van der Waals surface area contributed by atoms with Gasteiger partial charge in [0, 0.05) is 29.5 Å². The zero-order valence-corrected chi connectivity index (χ0v) is 15.9. The zero-order valence-electron chi connectivity index (χ0n) is 15.9. The van der Waals surface area contributed by atoms with Crippen molar-refractivity contribution < 1.29 is 9.59 Å². The summed E-state index contributed by atoms with van der Waals surface area (Å²) in [5.41, 5.74) is 1.36. The number of hydrogen-bond acceptors (Lipinski definition) is 3. The first-order valence-corrected chi connectivity index (χ1v) is 8.60. The van der Waals surface area contributed by atoms with Crippen molar-refractivity contribution in [3.05, 3.63) is 52.2 Å². The molecule has 2 rings (SSSR count). The summed E-state index contributed by atoms with van der Waals surface area (Å²) in [4.78, 5) is 40.7. The molecule has 0 saturated heterocycles. The van der Waals surface area contributed by atoms with Crippen molar-refractivity contribution in [1.82, 2.24) is 19.8 Å². The molecule has 0 aliphatic carbocycles. The highest BCUT2D eigenvalue weighted by Gasteiger charge is 2.20. The van der Waals surface area contributed by atoms with Crippen molar-refractivity contribution in [3.63, 3.8) is 0 Å². The molecule has 2 N–H and O–H groups in total. The van der Waals surface area contributed by atoms with Gasteiger partial charge in [-0.3, -0.25) is 14.2 Å². The number of aryl methyl sites for hydroxylation is 1. The molecule has 0 aliphatic rings. The van der Waals surface area contributed by atoms with Gasteiger partial charge in [0.05, 0.1) is 12.2 Å². The smallest absolute Gasteiger partial charge is 0.330 e. The molecule has 0 saturated carbocycles. The third-order valence-corrected chi connectivity index (χ3v) is 3.85. The van der Waals surface area contributed by atoms with Gasteiger partial charge in [0.15, 0.2) is 0 Å². The number of benzene rings is 1. The third kappa shape index (κ3) is 4.62. The van der Waals surface area contributed by atoms with Crippen LogP contribution in [0.5, 0.6) is 0 Å². The lowest BCUT2D eigenvalue weighted by Crippen LogP contribution is -2.47. The Morgan fingerprint density at radius 3 is 2.27 bits per heavy atom. The zero-order chi connectivity index (χ0) is 19.5. The Morgan fingerprint density at radius 2 is 1.81 bits per heavy atom. The second kappa shape index (κ2) is 7.59. The molecule has 7 nitrogen and oxygen atoms in total. The minimum atomic E-state index is -0.344. The van der Waals surface area contributed by atoms with Crippen LogP contribution in [-0.2, 0) is 4.79 Å². The van der Waals surface area contributed by atoms with Gasteiger partial charge in [0.25, 0.3) is 5.91 Å². The monoisotopic (exact) mass is 358 g/mol. The number of nitrogens with one attached hydrogen (secondary N) is 2. The molecule has 7 heteroatoms. The van der Waals surface area contributed by atoms with Gasteiger partial charge in [-0.15, -0.1) is 0 Å². The van der Waals surface area contributed by atoms with Crippen LogP contribution in [0.15, 0.2) is 35.3 Å². The summed E-state index contributed by atoms with van der Waals surface area (Å²) in [7, 11) is 0. The minimum absolute atomic E-state index is 0.00469. The molecule has 140 valence electrons. The number of carbonyl (C=O) groups is 2. The largest absolute Gasteiger partial charge is 0.350 e. The van der Waals surface area contributed by atoms with Crippen LogP contribution in [0.4, 0.5) is 0 Å². The summed E-state index contributed by atoms with van der Waals surface area (Å²) in [6.07, 6.45) is 1.63. The fourth-order valence-electron chi connectivity index (χ4n) is 2.67. The second-order valence-electron chi connectivity index (χ2n) is 7.23. The standard InChI is InChI=1S/C19H26N4O3/c1-6-22(12-16(24)21-19(3,4)5)17(25)14-7-9-15(10-8-14)23-13(2)11-20-18(23)26/h7-11H,6,12H2,1-5H3,(H,20,26)(H,21,24). The molecule has 2 aromatic rings. The van der Waals surface area contributed by atoms with E-state index in [4.69, 9.17) is 0 Å². The van der Waals surface area contributed by atoms with Crippen LogP contribution in [-0.4, -0.2) is 44.9 Å². The number of amides is 2. The Morgan fingerprint density at radius 1 is 1.19 bits per heavy atom. The lowest BCUT2D eigenvalue weighted by Gasteiger charge is -2.25. The normalized spacial score (nSPS) is 11.3. The van der Waals surface area contributed by atoms with Crippen LogP contribution < -0.4 is 11.0 Å². The first-order chi connectivity index (χ1) is 12.1. The van der Waals surface area contributed by atoms with E-state index in [1.807, 2.05) is 34.6 Å². The molecular formula is C19H26N4O3. The van der Waals surface area contributed by atoms with Crippen molar-refractivity contribution >= 4 is 11.8 Å². The Bertz CT molecular complexity index is 841. The van der Waals surface area contributed by atoms with E-state index in [9.17, 15) is 14.4 Å². The van der Waals surface area contributed by atoms with Crippen molar-refractivity contribution in [1.29, 1.82) is 0 Å². The average Bonchev–Trinajstić information content (AvgIpc) is 2.89.